The third kappa shape index (κ3) is 4.95. The van der Waals surface area contributed by atoms with Crippen molar-refractivity contribution in [3.8, 4) is 11.1 Å². The average molecular weight is 453 g/mol. The first-order valence-electron chi connectivity index (χ1n) is 12.0. The Morgan fingerprint density at radius 2 is 1.38 bits per heavy atom. The summed E-state index contributed by atoms with van der Waals surface area (Å²) in [7, 11) is 0. The minimum atomic E-state index is 0.305. The first-order valence-corrected chi connectivity index (χ1v) is 12.4. The second kappa shape index (κ2) is 9.82. The highest BCUT2D eigenvalue weighted by Crippen LogP contribution is 2.26. The van der Waals surface area contributed by atoms with Gasteiger partial charge in [-0.15, -0.1) is 0 Å². The zero-order chi connectivity index (χ0) is 21.9. The van der Waals surface area contributed by atoms with Crippen molar-refractivity contribution >= 4 is 23.2 Å². The molecule has 5 nitrogen and oxygen atoms in total. The maximum atomic E-state index is 12.8. The van der Waals surface area contributed by atoms with Gasteiger partial charge in [-0.25, -0.2) is 0 Å². The van der Waals surface area contributed by atoms with Crippen LogP contribution in [0.3, 0.4) is 0 Å². The van der Waals surface area contributed by atoms with Gasteiger partial charge in [0.2, 0.25) is 5.91 Å². The predicted octanol–water partition coefficient (Wildman–Crippen LogP) is 3.83. The summed E-state index contributed by atoms with van der Waals surface area (Å²) in [5, 5.41) is 0.762. The van der Waals surface area contributed by atoms with E-state index < -0.39 is 0 Å². The van der Waals surface area contributed by atoms with E-state index in [-0.39, 0.29) is 0 Å². The van der Waals surface area contributed by atoms with Gasteiger partial charge in [0.1, 0.15) is 0 Å². The molecule has 2 heterocycles. The summed E-state index contributed by atoms with van der Waals surface area (Å²) in [6.07, 6.45) is 4.08. The lowest BCUT2D eigenvalue weighted by atomic mass is 9.91. The predicted molar refractivity (Wildman–Crippen MR) is 131 cm³/mol. The number of anilines is 1. The number of hydrogen-bond acceptors (Lipinski definition) is 4. The molecule has 170 valence electrons. The maximum Gasteiger partial charge on any atom is 0.236 e. The summed E-state index contributed by atoms with van der Waals surface area (Å²) >= 11 is 6.00. The molecule has 2 saturated heterocycles. The molecule has 0 unspecified atom stereocenters. The van der Waals surface area contributed by atoms with Gasteiger partial charge in [0.15, 0.2) is 0 Å². The molecule has 0 aromatic heterocycles. The molecule has 3 fully saturated rings. The second-order valence-electron chi connectivity index (χ2n) is 9.32. The average Bonchev–Trinajstić information content (AvgIpc) is 2.80. The molecule has 6 heteroatoms. The number of halogens is 1. The lowest BCUT2D eigenvalue weighted by Gasteiger charge is -2.43. The van der Waals surface area contributed by atoms with E-state index in [1.54, 1.807) is 0 Å². The second-order valence-corrected chi connectivity index (χ2v) is 9.75. The van der Waals surface area contributed by atoms with Crippen LogP contribution in [0.5, 0.6) is 0 Å². The van der Waals surface area contributed by atoms with Crippen molar-refractivity contribution in [1.82, 2.24) is 14.7 Å². The molecule has 0 radical (unpaired) electrons. The fourth-order valence-corrected chi connectivity index (χ4v) is 5.18. The van der Waals surface area contributed by atoms with Gasteiger partial charge in [-0.3, -0.25) is 14.6 Å². The molecular weight excluding hydrogens is 420 g/mol. The van der Waals surface area contributed by atoms with Crippen molar-refractivity contribution in [2.75, 3.05) is 63.8 Å². The first kappa shape index (κ1) is 21.7. The number of piperazine rings is 2. The minimum absolute atomic E-state index is 0.305. The molecule has 5 rings (SSSR count). The Labute approximate surface area is 196 Å². The molecule has 32 heavy (non-hydrogen) atoms. The molecule has 2 aromatic carbocycles. The van der Waals surface area contributed by atoms with E-state index in [1.807, 2.05) is 12.1 Å². The van der Waals surface area contributed by atoms with Crippen LogP contribution in [0.2, 0.25) is 5.02 Å². The number of carbonyl (C=O) groups excluding carboxylic acids is 1. The van der Waals surface area contributed by atoms with Gasteiger partial charge in [0, 0.05) is 69.1 Å². The lowest BCUT2D eigenvalue weighted by Crippen LogP contribution is -2.56. The summed E-state index contributed by atoms with van der Waals surface area (Å²) < 4.78 is 0. The van der Waals surface area contributed by atoms with Gasteiger partial charge < -0.3 is 9.80 Å². The Hall–Kier alpha value is -2.08. The van der Waals surface area contributed by atoms with Crippen LogP contribution in [0.25, 0.3) is 11.1 Å². The number of hydrogen-bond donors (Lipinski definition) is 0. The topological polar surface area (TPSA) is 30.0 Å². The molecule has 1 aliphatic carbocycles. The summed E-state index contributed by atoms with van der Waals surface area (Å²) in [4.78, 5) is 22.2. The van der Waals surface area contributed by atoms with Crippen molar-refractivity contribution in [3.63, 3.8) is 0 Å². The Morgan fingerprint density at radius 1 is 0.781 bits per heavy atom. The van der Waals surface area contributed by atoms with Crippen molar-refractivity contribution in [2.24, 2.45) is 0 Å². The first-order chi connectivity index (χ1) is 15.7. The number of carbonyl (C=O) groups is 1. The van der Waals surface area contributed by atoms with Crippen LogP contribution in [0.15, 0.2) is 48.5 Å². The Kier molecular flexibility index (Phi) is 6.67. The van der Waals surface area contributed by atoms with Gasteiger partial charge >= 0.3 is 0 Å². The summed E-state index contributed by atoms with van der Waals surface area (Å²) in [5.41, 5.74) is 3.63. The SMILES string of the molecule is O=C(CN1CCN(c2ccc(-c3ccc(Cl)cc3)cc2)CC1)N1CCN(C2CCC2)CC1. The normalized spacial score (nSPS) is 20.9. The van der Waals surface area contributed by atoms with Gasteiger partial charge in [-0.2, -0.15) is 0 Å². The van der Waals surface area contributed by atoms with E-state index in [1.165, 1.54) is 36.1 Å². The van der Waals surface area contributed by atoms with Crippen LogP contribution < -0.4 is 4.90 Å². The zero-order valence-electron chi connectivity index (χ0n) is 18.8. The van der Waals surface area contributed by atoms with Crippen LogP contribution >= 0.6 is 11.6 Å². The molecule has 0 spiro atoms. The minimum Gasteiger partial charge on any atom is -0.369 e. The van der Waals surface area contributed by atoms with Crippen LogP contribution in [0.4, 0.5) is 5.69 Å². The molecule has 1 amide bonds. The Bertz CT molecular complexity index is 896. The zero-order valence-corrected chi connectivity index (χ0v) is 19.5. The van der Waals surface area contributed by atoms with E-state index in [4.69, 9.17) is 11.6 Å². The highest BCUT2D eigenvalue weighted by atomic mass is 35.5. The smallest absolute Gasteiger partial charge is 0.236 e. The van der Waals surface area contributed by atoms with Crippen LogP contribution in [-0.4, -0.2) is 85.6 Å². The molecule has 3 aliphatic rings. The number of benzene rings is 2. The largest absolute Gasteiger partial charge is 0.369 e. The molecule has 0 bridgehead atoms. The van der Waals surface area contributed by atoms with E-state index in [9.17, 15) is 4.79 Å². The van der Waals surface area contributed by atoms with Gasteiger partial charge in [-0.1, -0.05) is 42.3 Å². The third-order valence-corrected chi connectivity index (χ3v) is 7.65. The lowest BCUT2D eigenvalue weighted by molar-refractivity contribution is -0.134. The number of rotatable bonds is 5. The van der Waals surface area contributed by atoms with Crippen LogP contribution in [0.1, 0.15) is 19.3 Å². The van der Waals surface area contributed by atoms with E-state index in [0.29, 0.717) is 12.5 Å². The summed E-state index contributed by atoms with van der Waals surface area (Å²) in [6.45, 7) is 8.26. The number of amides is 1. The van der Waals surface area contributed by atoms with E-state index >= 15 is 0 Å². The van der Waals surface area contributed by atoms with Crippen molar-refractivity contribution in [2.45, 2.75) is 25.3 Å². The third-order valence-electron chi connectivity index (χ3n) is 7.40. The van der Waals surface area contributed by atoms with Crippen molar-refractivity contribution in [1.29, 1.82) is 0 Å². The molecule has 2 aromatic rings. The maximum absolute atomic E-state index is 12.8. The molecule has 0 N–H and O–H groups in total. The summed E-state index contributed by atoms with van der Waals surface area (Å²) in [6, 6.07) is 17.5. The highest BCUT2D eigenvalue weighted by molar-refractivity contribution is 6.30. The summed E-state index contributed by atoms with van der Waals surface area (Å²) in [5.74, 6) is 0.305. The fraction of sp³-hybridized carbons (Fsp3) is 0.500. The fourth-order valence-electron chi connectivity index (χ4n) is 5.05. The standard InChI is InChI=1S/C26H33ClN4O/c27-23-8-4-21(5-9-23)22-6-10-25(11-7-22)29-14-12-28(13-15-29)20-26(32)31-18-16-30(17-19-31)24-2-1-3-24/h4-11,24H,1-3,12-20H2. The van der Waals surface area contributed by atoms with Gasteiger partial charge in [-0.05, 0) is 48.2 Å². The molecule has 0 atom stereocenters. The van der Waals surface area contributed by atoms with E-state index in [0.717, 1.165) is 63.4 Å². The van der Waals surface area contributed by atoms with Crippen molar-refractivity contribution in [3.05, 3.63) is 53.6 Å². The van der Waals surface area contributed by atoms with Crippen molar-refractivity contribution < 1.29 is 4.79 Å². The van der Waals surface area contributed by atoms with Crippen LogP contribution in [-0.2, 0) is 4.79 Å². The number of nitrogens with zero attached hydrogens (tertiary/aromatic N) is 4. The van der Waals surface area contributed by atoms with E-state index in [2.05, 4.69) is 56.0 Å². The molecule has 2 aliphatic heterocycles. The monoisotopic (exact) mass is 452 g/mol. The van der Waals surface area contributed by atoms with Gasteiger partial charge in [0.25, 0.3) is 0 Å². The molecule has 1 saturated carbocycles. The Balaban J connectivity index is 1.08. The highest BCUT2D eigenvalue weighted by Gasteiger charge is 2.30. The Morgan fingerprint density at radius 3 is 1.94 bits per heavy atom. The molecular formula is C26H33ClN4O. The quantitative estimate of drug-likeness (QED) is 0.689. The van der Waals surface area contributed by atoms with Crippen LogP contribution in [0, 0.1) is 0 Å². The van der Waals surface area contributed by atoms with Gasteiger partial charge in [0.05, 0.1) is 6.54 Å².